The van der Waals surface area contributed by atoms with Gasteiger partial charge in [-0.1, -0.05) is 32.1 Å². The topological polar surface area (TPSA) is 38.0 Å². The smallest absolute Gasteiger partial charge is 0.0221 e. The minimum Gasteiger partial charge on any atom is -0.329 e. The number of nitrogens with two attached hydrogens (primary N) is 1. The molecule has 0 aromatic heterocycles. The van der Waals surface area contributed by atoms with Crippen molar-refractivity contribution < 1.29 is 0 Å². The van der Waals surface area contributed by atoms with Gasteiger partial charge in [-0.3, -0.25) is 0 Å². The van der Waals surface area contributed by atoms with Crippen molar-refractivity contribution in [1.82, 2.24) is 5.32 Å². The second-order valence-electron chi connectivity index (χ2n) is 5.39. The molecule has 0 heterocycles. The molecule has 0 spiro atoms. The first-order valence-electron chi connectivity index (χ1n) is 6.86. The molecule has 2 nitrogen and oxygen atoms in total. The van der Waals surface area contributed by atoms with Crippen molar-refractivity contribution in [2.75, 3.05) is 6.54 Å². The molecule has 1 unspecified atom stereocenters. The largest absolute Gasteiger partial charge is 0.329 e. The molecule has 2 saturated carbocycles. The first-order valence-corrected chi connectivity index (χ1v) is 6.86. The van der Waals surface area contributed by atoms with Gasteiger partial charge in [-0.15, -0.1) is 0 Å². The van der Waals surface area contributed by atoms with E-state index in [1.54, 1.807) is 0 Å². The summed E-state index contributed by atoms with van der Waals surface area (Å²) in [5.41, 5.74) is 5.92. The Labute approximate surface area is 94.0 Å². The lowest BCUT2D eigenvalue weighted by Gasteiger charge is -2.35. The summed E-state index contributed by atoms with van der Waals surface area (Å²) in [6, 6.07) is 1.40. The molecule has 2 aliphatic rings. The lowest BCUT2D eigenvalue weighted by Crippen LogP contribution is -2.49. The van der Waals surface area contributed by atoms with Crippen molar-refractivity contribution >= 4 is 0 Å². The minimum atomic E-state index is 0.605. The highest BCUT2D eigenvalue weighted by molar-refractivity contribution is 4.85. The molecule has 15 heavy (non-hydrogen) atoms. The Balaban J connectivity index is 1.79. The first kappa shape index (κ1) is 11.4. The predicted molar refractivity (Wildman–Crippen MR) is 64.8 cm³/mol. The molecule has 2 rings (SSSR count). The molecule has 1 atom stereocenters. The highest BCUT2D eigenvalue weighted by atomic mass is 15.0. The van der Waals surface area contributed by atoms with Gasteiger partial charge in [0.2, 0.25) is 0 Å². The monoisotopic (exact) mass is 210 g/mol. The standard InChI is InChI=1S/C13H26N2/c14-10-13(15-12-8-5-9-12)11-6-3-1-2-4-7-11/h11-13,15H,1-10,14H2. The van der Waals surface area contributed by atoms with E-state index in [9.17, 15) is 0 Å². The van der Waals surface area contributed by atoms with Crippen LogP contribution in [0.25, 0.3) is 0 Å². The maximum absolute atomic E-state index is 5.92. The van der Waals surface area contributed by atoms with Crippen LogP contribution in [0, 0.1) is 5.92 Å². The molecule has 0 aromatic rings. The highest BCUT2D eigenvalue weighted by Crippen LogP contribution is 2.27. The van der Waals surface area contributed by atoms with E-state index in [4.69, 9.17) is 5.73 Å². The van der Waals surface area contributed by atoms with Crippen LogP contribution in [0.4, 0.5) is 0 Å². The van der Waals surface area contributed by atoms with Crippen LogP contribution in [0.3, 0.4) is 0 Å². The third kappa shape index (κ3) is 3.18. The van der Waals surface area contributed by atoms with Crippen LogP contribution in [-0.2, 0) is 0 Å². The Kier molecular flexibility index (Phi) is 4.45. The summed E-state index contributed by atoms with van der Waals surface area (Å²) in [7, 11) is 0. The molecule has 2 aliphatic carbocycles. The van der Waals surface area contributed by atoms with Crippen LogP contribution in [0.15, 0.2) is 0 Å². The van der Waals surface area contributed by atoms with Gasteiger partial charge in [0.1, 0.15) is 0 Å². The molecule has 0 radical (unpaired) electrons. The zero-order valence-electron chi connectivity index (χ0n) is 9.88. The normalized spacial score (nSPS) is 27.0. The first-order chi connectivity index (χ1) is 7.40. The van der Waals surface area contributed by atoms with Crippen molar-refractivity contribution in [3.05, 3.63) is 0 Å². The van der Waals surface area contributed by atoms with Gasteiger partial charge < -0.3 is 11.1 Å². The van der Waals surface area contributed by atoms with Gasteiger partial charge in [-0.25, -0.2) is 0 Å². The highest BCUT2D eigenvalue weighted by Gasteiger charge is 2.26. The van der Waals surface area contributed by atoms with Crippen LogP contribution in [0.2, 0.25) is 0 Å². The molecular formula is C13H26N2. The molecule has 0 aliphatic heterocycles. The molecule has 0 bridgehead atoms. The van der Waals surface area contributed by atoms with Gasteiger partial charge in [-0.05, 0) is 31.6 Å². The van der Waals surface area contributed by atoms with E-state index in [1.165, 1.54) is 57.8 Å². The Morgan fingerprint density at radius 2 is 1.60 bits per heavy atom. The average molecular weight is 210 g/mol. The Morgan fingerprint density at radius 1 is 0.933 bits per heavy atom. The fourth-order valence-corrected chi connectivity index (χ4v) is 2.99. The average Bonchev–Trinajstić information content (AvgIpc) is 2.45. The summed E-state index contributed by atoms with van der Waals surface area (Å²) in [4.78, 5) is 0. The molecule has 3 N–H and O–H groups in total. The maximum atomic E-state index is 5.92. The summed E-state index contributed by atoms with van der Waals surface area (Å²) in [5, 5.41) is 3.78. The minimum absolute atomic E-state index is 0.605. The van der Waals surface area contributed by atoms with Gasteiger partial charge in [0.05, 0.1) is 0 Å². The molecule has 88 valence electrons. The van der Waals surface area contributed by atoms with Gasteiger partial charge in [-0.2, -0.15) is 0 Å². The second kappa shape index (κ2) is 5.86. The molecule has 2 fully saturated rings. The van der Waals surface area contributed by atoms with E-state index in [2.05, 4.69) is 5.32 Å². The quantitative estimate of drug-likeness (QED) is 0.699. The van der Waals surface area contributed by atoms with Crippen molar-refractivity contribution in [2.24, 2.45) is 11.7 Å². The van der Waals surface area contributed by atoms with Crippen molar-refractivity contribution in [3.63, 3.8) is 0 Å². The molecule has 0 amide bonds. The van der Waals surface area contributed by atoms with Gasteiger partial charge in [0.25, 0.3) is 0 Å². The fourth-order valence-electron chi connectivity index (χ4n) is 2.99. The zero-order valence-corrected chi connectivity index (χ0v) is 9.88. The maximum Gasteiger partial charge on any atom is 0.0221 e. The van der Waals surface area contributed by atoms with Crippen LogP contribution < -0.4 is 11.1 Å². The molecule has 2 heteroatoms. The van der Waals surface area contributed by atoms with E-state index >= 15 is 0 Å². The fraction of sp³-hybridized carbons (Fsp3) is 1.00. The van der Waals surface area contributed by atoms with Crippen LogP contribution >= 0.6 is 0 Å². The van der Waals surface area contributed by atoms with Gasteiger partial charge in [0, 0.05) is 18.6 Å². The van der Waals surface area contributed by atoms with Crippen LogP contribution in [0.5, 0.6) is 0 Å². The van der Waals surface area contributed by atoms with E-state index in [-0.39, 0.29) is 0 Å². The van der Waals surface area contributed by atoms with E-state index in [0.29, 0.717) is 6.04 Å². The van der Waals surface area contributed by atoms with E-state index in [1.807, 2.05) is 0 Å². The summed E-state index contributed by atoms with van der Waals surface area (Å²) in [5.74, 6) is 0.859. The SMILES string of the molecule is NCC(NC1CCC1)C1CCCCCC1. The van der Waals surface area contributed by atoms with Crippen LogP contribution in [0.1, 0.15) is 57.8 Å². The third-order valence-electron chi connectivity index (χ3n) is 4.28. The van der Waals surface area contributed by atoms with E-state index in [0.717, 1.165) is 18.5 Å². The third-order valence-corrected chi connectivity index (χ3v) is 4.28. The van der Waals surface area contributed by atoms with Crippen LogP contribution in [-0.4, -0.2) is 18.6 Å². The Morgan fingerprint density at radius 3 is 2.07 bits per heavy atom. The van der Waals surface area contributed by atoms with Crippen molar-refractivity contribution in [1.29, 1.82) is 0 Å². The summed E-state index contributed by atoms with van der Waals surface area (Å²) >= 11 is 0. The lowest BCUT2D eigenvalue weighted by atomic mass is 9.87. The van der Waals surface area contributed by atoms with E-state index < -0.39 is 0 Å². The summed E-state index contributed by atoms with van der Waals surface area (Å²) < 4.78 is 0. The van der Waals surface area contributed by atoms with Crippen molar-refractivity contribution in [3.8, 4) is 0 Å². The predicted octanol–water partition coefficient (Wildman–Crippen LogP) is 2.43. The zero-order chi connectivity index (χ0) is 10.5. The summed E-state index contributed by atoms with van der Waals surface area (Å²) in [6.45, 7) is 0.834. The van der Waals surface area contributed by atoms with Crippen molar-refractivity contribution in [2.45, 2.75) is 69.9 Å². The number of nitrogens with one attached hydrogen (secondary N) is 1. The number of hydrogen-bond acceptors (Lipinski definition) is 2. The molecule has 0 saturated heterocycles. The van der Waals surface area contributed by atoms with Gasteiger partial charge in [0.15, 0.2) is 0 Å². The molecule has 0 aromatic carbocycles. The lowest BCUT2D eigenvalue weighted by molar-refractivity contribution is 0.244. The Bertz CT molecular complexity index is 169. The van der Waals surface area contributed by atoms with Gasteiger partial charge >= 0.3 is 0 Å². The number of hydrogen-bond donors (Lipinski definition) is 2. The Hall–Kier alpha value is -0.0800. The molecular weight excluding hydrogens is 184 g/mol. The second-order valence-corrected chi connectivity index (χ2v) is 5.39. The summed E-state index contributed by atoms with van der Waals surface area (Å²) in [6.07, 6.45) is 12.7. The number of rotatable bonds is 4.